The summed E-state index contributed by atoms with van der Waals surface area (Å²) < 4.78 is 19.1. The molecular weight excluding hydrogens is 255 g/mol. The molecule has 3 rings (SSSR count). The highest BCUT2D eigenvalue weighted by molar-refractivity contribution is 6.34. The fraction of sp³-hybridized carbons (Fsp3) is 0.462. The maximum Gasteiger partial charge on any atom is 0.203 e. The average molecular weight is 269 g/mol. The van der Waals surface area contributed by atoms with Gasteiger partial charge in [-0.2, -0.15) is 0 Å². The molecule has 2 heterocycles. The standard InChI is InChI=1S/C13H14ClFN2O/c1-2-13(3-4-16-7-13)12-17-10-6-8(15)5-9(14)11(10)18-12/h5-6,16H,2-4,7H2,1H3. The third kappa shape index (κ3) is 1.71. The van der Waals surface area contributed by atoms with Gasteiger partial charge in [-0.3, -0.25) is 0 Å². The Hall–Kier alpha value is -1.13. The van der Waals surface area contributed by atoms with Gasteiger partial charge in [0.25, 0.3) is 0 Å². The van der Waals surface area contributed by atoms with E-state index in [0.29, 0.717) is 17.0 Å². The molecule has 0 amide bonds. The Bertz CT molecular complexity index is 590. The molecule has 1 aromatic heterocycles. The molecule has 96 valence electrons. The van der Waals surface area contributed by atoms with Crippen molar-refractivity contribution in [1.29, 1.82) is 0 Å². The lowest BCUT2D eigenvalue weighted by Gasteiger charge is -2.21. The van der Waals surface area contributed by atoms with E-state index in [2.05, 4.69) is 17.2 Å². The van der Waals surface area contributed by atoms with E-state index >= 15 is 0 Å². The van der Waals surface area contributed by atoms with Crippen molar-refractivity contribution >= 4 is 22.7 Å². The van der Waals surface area contributed by atoms with Crippen LogP contribution in [0.25, 0.3) is 11.1 Å². The Labute approximate surface area is 109 Å². The second kappa shape index (κ2) is 4.21. The van der Waals surface area contributed by atoms with Gasteiger partial charge in [-0.05, 0) is 25.5 Å². The van der Waals surface area contributed by atoms with Crippen LogP contribution in [0.3, 0.4) is 0 Å². The number of oxazole rings is 1. The fourth-order valence-electron chi connectivity index (χ4n) is 2.57. The first-order valence-corrected chi connectivity index (χ1v) is 6.49. The lowest BCUT2D eigenvalue weighted by atomic mass is 9.84. The number of halogens is 2. The van der Waals surface area contributed by atoms with Crippen LogP contribution in [0.2, 0.25) is 5.02 Å². The molecule has 1 aromatic carbocycles. The summed E-state index contributed by atoms with van der Waals surface area (Å²) in [7, 11) is 0. The van der Waals surface area contributed by atoms with Gasteiger partial charge in [-0.25, -0.2) is 9.37 Å². The minimum atomic E-state index is -0.387. The van der Waals surface area contributed by atoms with E-state index in [-0.39, 0.29) is 16.3 Å². The normalized spacial score (nSPS) is 23.9. The minimum Gasteiger partial charge on any atom is -0.438 e. The summed E-state index contributed by atoms with van der Waals surface area (Å²) in [5.41, 5.74) is 0.890. The highest BCUT2D eigenvalue weighted by atomic mass is 35.5. The molecule has 1 aliphatic heterocycles. The van der Waals surface area contributed by atoms with Crippen LogP contribution in [0.1, 0.15) is 25.7 Å². The van der Waals surface area contributed by atoms with Crippen molar-refractivity contribution in [3.8, 4) is 0 Å². The quantitative estimate of drug-likeness (QED) is 0.908. The first-order chi connectivity index (χ1) is 8.64. The topological polar surface area (TPSA) is 38.1 Å². The van der Waals surface area contributed by atoms with Gasteiger partial charge in [-0.1, -0.05) is 18.5 Å². The van der Waals surface area contributed by atoms with E-state index in [1.165, 1.54) is 12.1 Å². The number of hydrogen-bond acceptors (Lipinski definition) is 3. The second-order valence-electron chi connectivity index (χ2n) is 4.82. The second-order valence-corrected chi connectivity index (χ2v) is 5.22. The molecule has 1 aliphatic rings. The number of rotatable bonds is 2. The third-order valence-corrected chi connectivity index (χ3v) is 4.06. The van der Waals surface area contributed by atoms with Crippen molar-refractivity contribution in [2.45, 2.75) is 25.2 Å². The first kappa shape index (κ1) is 11.9. The molecule has 3 nitrogen and oxygen atoms in total. The lowest BCUT2D eigenvalue weighted by molar-refractivity contribution is 0.344. The van der Waals surface area contributed by atoms with Crippen LogP contribution in [0, 0.1) is 5.82 Å². The van der Waals surface area contributed by atoms with Crippen LogP contribution in [-0.2, 0) is 5.41 Å². The minimum absolute atomic E-state index is 0.0845. The van der Waals surface area contributed by atoms with E-state index in [1.54, 1.807) is 0 Å². The van der Waals surface area contributed by atoms with Crippen molar-refractivity contribution in [1.82, 2.24) is 10.3 Å². The lowest BCUT2D eigenvalue weighted by Crippen LogP contribution is -2.28. The van der Waals surface area contributed by atoms with Crippen LogP contribution in [0.15, 0.2) is 16.5 Å². The predicted molar refractivity (Wildman–Crippen MR) is 68.4 cm³/mol. The summed E-state index contributed by atoms with van der Waals surface area (Å²) in [6, 6.07) is 2.62. The van der Waals surface area contributed by atoms with E-state index in [4.69, 9.17) is 16.0 Å². The monoisotopic (exact) mass is 268 g/mol. The molecule has 0 aliphatic carbocycles. The van der Waals surface area contributed by atoms with Crippen molar-refractivity contribution in [3.63, 3.8) is 0 Å². The van der Waals surface area contributed by atoms with Gasteiger partial charge >= 0.3 is 0 Å². The van der Waals surface area contributed by atoms with Gasteiger partial charge in [0.2, 0.25) is 5.89 Å². The molecule has 2 aromatic rings. The Balaban J connectivity index is 2.16. The van der Waals surface area contributed by atoms with Crippen LogP contribution in [-0.4, -0.2) is 18.1 Å². The van der Waals surface area contributed by atoms with Crippen LogP contribution >= 0.6 is 11.6 Å². The van der Waals surface area contributed by atoms with E-state index in [9.17, 15) is 4.39 Å². The van der Waals surface area contributed by atoms with Gasteiger partial charge < -0.3 is 9.73 Å². The number of nitrogens with one attached hydrogen (secondary N) is 1. The summed E-state index contributed by atoms with van der Waals surface area (Å²) in [6.07, 6.45) is 1.92. The maximum atomic E-state index is 13.3. The molecule has 1 fully saturated rings. The van der Waals surface area contributed by atoms with Gasteiger partial charge in [0.05, 0.1) is 10.4 Å². The molecule has 0 radical (unpaired) electrons. The smallest absolute Gasteiger partial charge is 0.203 e. The molecular formula is C13H14ClFN2O. The molecule has 1 saturated heterocycles. The molecule has 18 heavy (non-hydrogen) atoms. The highest BCUT2D eigenvalue weighted by Crippen LogP contribution is 2.36. The number of fused-ring (bicyclic) bond motifs is 1. The average Bonchev–Trinajstić information content (AvgIpc) is 2.94. The van der Waals surface area contributed by atoms with Gasteiger partial charge in [0.1, 0.15) is 11.3 Å². The van der Waals surface area contributed by atoms with E-state index < -0.39 is 0 Å². The molecule has 0 bridgehead atoms. The zero-order valence-corrected chi connectivity index (χ0v) is 10.9. The van der Waals surface area contributed by atoms with E-state index in [1.807, 2.05) is 0 Å². The van der Waals surface area contributed by atoms with Gasteiger partial charge in [0, 0.05) is 12.6 Å². The summed E-state index contributed by atoms with van der Waals surface area (Å²) in [4.78, 5) is 4.43. The Kier molecular flexibility index (Phi) is 2.79. The number of benzene rings is 1. The first-order valence-electron chi connectivity index (χ1n) is 6.11. The third-order valence-electron chi connectivity index (χ3n) is 3.78. The van der Waals surface area contributed by atoms with Crippen molar-refractivity contribution < 1.29 is 8.81 Å². The fourth-order valence-corrected chi connectivity index (χ4v) is 2.81. The molecule has 5 heteroatoms. The van der Waals surface area contributed by atoms with Gasteiger partial charge in [0.15, 0.2) is 5.58 Å². The van der Waals surface area contributed by atoms with Crippen LogP contribution < -0.4 is 5.32 Å². The zero-order valence-electron chi connectivity index (χ0n) is 10.1. The van der Waals surface area contributed by atoms with Crippen LogP contribution in [0.4, 0.5) is 4.39 Å². The SMILES string of the molecule is CCC1(c2nc3cc(F)cc(Cl)c3o2)CCNC1. The predicted octanol–water partition coefficient (Wildman–Crippen LogP) is 3.26. The summed E-state index contributed by atoms with van der Waals surface area (Å²) >= 11 is 5.98. The number of aromatic nitrogens is 1. The van der Waals surface area contributed by atoms with Crippen molar-refractivity contribution in [2.24, 2.45) is 0 Å². The maximum absolute atomic E-state index is 13.3. The molecule has 1 unspecified atom stereocenters. The number of hydrogen-bond donors (Lipinski definition) is 1. The number of nitrogens with zero attached hydrogens (tertiary/aromatic N) is 1. The van der Waals surface area contributed by atoms with Crippen LogP contribution in [0.5, 0.6) is 0 Å². The van der Waals surface area contributed by atoms with E-state index in [0.717, 1.165) is 25.9 Å². The largest absolute Gasteiger partial charge is 0.438 e. The molecule has 1 N–H and O–H groups in total. The summed E-state index contributed by atoms with van der Waals surface area (Å²) in [6.45, 7) is 3.91. The summed E-state index contributed by atoms with van der Waals surface area (Å²) in [5.74, 6) is 0.278. The Morgan fingerprint density at radius 1 is 1.56 bits per heavy atom. The molecule has 0 spiro atoms. The Morgan fingerprint density at radius 3 is 3.06 bits per heavy atom. The van der Waals surface area contributed by atoms with Crippen molar-refractivity contribution in [2.75, 3.05) is 13.1 Å². The zero-order chi connectivity index (χ0) is 12.8. The molecule has 1 atom stereocenters. The highest BCUT2D eigenvalue weighted by Gasteiger charge is 2.38. The molecule has 0 saturated carbocycles. The summed E-state index contributed by atoms with van der Waals surface area (Å²) in [5, 5.41) is 3.60. The Morgan fingerprint density at radius 2 is 2.39 bits per heavy atom. The van der Waals surface area contributed by atoms with Crippen molar-refractivity contribution in [3.05, 3.63) is 28.9 Å². The van der Waals surface area contributed by atoms with Gasteiger partial charge in [-0.15, -0.1) is 0 Å².